The first-order chi connectivity index (χ1) is 13.4. The van der Waals surface area contributed by atoms with Crippen molar-refractivity contribution in [1.82, 2.24) is 5.32 Å². The van der Waals surface area contributed by atoms with Crippen molar-refractivity contribution < 1.29 is 19.1 Å². The van der Waals surface area contributed by atoms with E-state index in [4.69, 9.17) is 4.74 Å². The number of amides is 1. The van der Waals surface area contributed by atoms with E-state index in [2.05, 4.69) is 5.32 Å². The van der Waals surface area contributed by atoms with Crippen molar-refractivity contribution in [2.75, 3.05) is 6.61 Å². The lowest BCUT2D eigenvalue weighted by Gasteiger charge is -2.17. The smallest absolute Gasteiger partial charge is 0.306 e. The highest BCUT2D eigenvalue weighted by Gasteiger charge is 2.14. The van der Waals surface area contributed by atoms with Crippen molar-refractivity contribution in [3.63, 3.8) is 0 Å². The third-order valence-corrected chi connectivity index (χ3v) is 4.62. The molecule has 0 spiro atoms. The molecule has 1 amide bonds. The molecule has 1 N–H and O–H groups in total. The molecular formula is C23H27NO4. The molecule has 0 aliphatic heterocycles. The minimum Gasteiger partial charge on any atom is -0.456 e. The molecule has 0 aromatic heterocycles. The van der Waals surface area contributed by atoms with Gasteiger partial charge in [0.2, 0.25) is 0 Å². The monoisotopic (exact) mass is 381 g/mol. The van der Waals surface area contributed by atoms with Crippen LogP contribution in [0.25, 0.3) is 11.1 Å². The maximum atomic E-state index is 12.3. The molecule has 0 bridgehead atoms. The SMILES string of the molecule is CC(C)C(C)NC(=O)COC(=O)CCC(=O)c1ccc(-c2ccccc2)cc1. The highest BCUT2D eigenvalue weighted by atomic mass is 16.5. The van der Waals surface area contributed by atoms with Crippen molar-refractivity contribution in [1.29, 1.82) is 0 Å². The summed E-state index contributed by atoms with van der Waals surface area (Å²) in [4.78, 5) is 35.8. The minimum absolute atomic E-state index is 0.00615. The van der Waals surface area contributed by atoms with Crippen molar-refractivity contribution in [2.24, 2.45) is 5.92 Å². The van der Waals surface area contributed by atoms with Crippen LogP contribution < -0.4 is 5.32 Å². The summed E-state index contributed by atoms with van der Waals surface area (Å²) < 4.78 is 4.94. The van der Waals surface area contributed by atoms with Gasteiger partial charge in [-0.1, -0.05) is 68.4 Å². The Bertz CT molecular complexity index is 797. The summed E-state index contributed by atoms with van der Waals surface area (Å²) in [6.07, 6.45) is -0.000182. The summed E-state index contributed by atoms with van der Waals surface area (Å²) in [6.45, 7) is 5.56. The van der Waals surface area contributed by atoms with Crippen molar-refractivity contribution in [3.05, 3.63) is 60.2 Å². The first-order valence-electron chi connectivity index (χ1n) is 9.50. The Morgan fingerprint density at radius 2 is 1.46 bits per heavy atom. The Hall–Kier alpha value is -2.95. The molecule has 0 aliphatic carbocycles. The van der Waals surface area contributed by atoms with E-state index in [-0.39, 0.29) is 37.2 Å². The van der Waals surface area contributed by atoms with Gasteiger partial charge in [-0.3, -0.25) is 14.4 Å². The Kier molecular flexibility index (Phi) is 7.93. The zero-order valence-electron chi connectivity index (χ0n) is 16.6. The number of ketones is 1. The average Bonchev–Trinajstić information content (AvgIpc) is 2.71. The number of hydrogen-bond acceptors (Lipinski definition) is 4. The average molecular weight is 381 g/mol. The van der Waals surface area contributed by atoms with Crippen LogP contribution in [0.15, 0.2) is 54.6 Å². The highest BCUT2D eigenvalue weighted by molar-refractivity contribution is 5.98. The van der Waals surface area contributed by atoms with Gasteiger partial charge in [-0.05, 0) is 24.0 Å². The normalized spacial score (nSPS) is 11.7. The lowest BCUT2D eigenvalue weighted by Crippen LogP contribution is -2.38. The Morgan fingerprint density at radius 3 is 2.07 bits per heavy atom. The highest BCUT2D eigenvalue weighted by Crippen LogP contribution is 2.20. The molecule has 5 nitrogen and oxygen atoms in total. The number of nitrogens with one attached hydrogen (secondary N) is 1. The summed E-state index contributed by atoms with van der Waals surface area (Å²) in [5.74, 6) is -0.723. The fraction of sp³-hybridized carbons (Fsp3) is 0.348. The van der Waals surface area contributed by atoms with Gasteiger partial charge in [0.25, 0.3) is 5.91 Å². The number of benzene rings is 2. The molecule has 0 radical (unpaired) electrons. The molecule has 1 atom stereocenters. The minimum atomic E-state index is -0.554. The predicted molar refractivity (Wildman–Crippen MR) is 109 cm³/mol. The Morgan fingerprint density at radius 1 is 0.857 bits per heavy atom. The molecule has 28 heavy (non-hydrogen) atoms. The van der Waals surface area contributed by atoms with E-state index >= 15 is 0 Å². The molecule has 0 saturated carbocycles. The number of ether oxygens (including phenoxy) is 1. The van der Waals surface area contributed by atoms with Gasteiger partial charge in [0, 0.05) is 18.0 Å². The van der Waals surface area contributed by atoms with Crippen LogP contribution in [0.2, 0.25) is 0 Å². The topological polar surface area (TPSA) is 72.5 Å². The van der Waals surface area contributed by atoms with Gasteiger partial charge in [0.1, 0.15) is 0 Å². The molecule has 0 fully saturated rings. The van der Waals surface area contributed by atoms with E-state index in [1.54, 1.807) is 12.1 Å². The van der Waals surface area contributed by atoms with Crippen LogP contribution >= 0.6 is 0 Å². The third-order valence-electron chi connectivity index (χ3n) is 4.62. The van der Waals surface area contributed by atoms with Crippen LogP contribution in [0, 0.1) is 5.92 Å². The zero-order valence-corrected chi connectivity index (χ0v) is 16.6. The van der Waals surface area contributed by atoms with Crippen LogP contribution in [0.1, 0.15) is 44.0 Å². The van der Waals surface area contributed by atoms with Gasteiger partial charge in [0.05, 0.1) is 6.42 Å². The standard InChI is InChI=1S/C23H27NO4/c1-16(2)17(3)24-22(26)15-28-23(27)14-13-21(25)20-11-9-19(10-12-20)18-7-5-4-6-8-18/h4-12,16-17H,13-15H2,1-3H3,(H,24,26). The molecule has 0 heterocycles. The molecule has 2 rings (SSSR count). The van der Waals surface area contributed by atoms with Crippen LogP contribution in [-0.4, -0.2) is 30.3 Å². The van der Waals surface area contributed by atoms with Crippen LogP contribution in [0.5, 0.6) is 0 Å². The number of carbonyl (C=O) groups is 3. The third kappa shape index (κ3) is 6.65. The van der Waals surface area contributed by atoms with Crippen LogP contribution in [-0.2, 0) is 14.3 Å². The summed E-state index contributed by atoms with van der Waals surface area (Å²) in [5.41, 5.74) is 2.66. The van der Waals surface area contributed by atoms with Crippen molar-refractivity contribution in [2.45, 2.75) is 39.7 Å². The van der Waals surface area contributed by atoms with Crippen LogP contribution in [0.3, 0.4) is 0 Å². The quantitative estimate of drug-likeness (QED) is 0.526. The molecule has 2 aromatic rings. The van der Waals surface area contributed by atoms with E-state index in [0.717, 1.165) is 11.1 Å². The largest absolute Gasteiger partial charge is 0.456 e. The molecular weight excluding hydrogens is 354 g/mol. The second-order valence-corrected chi connectivity index (χ2v) is 7.13. The first-order valence-corrected chi connectivity index (χ1v) is 9.50. The van der Waals surface area contributed by atoms with Crippen LogP contribution in [0.4, 0.5) is 0 Å². The fourth-order valence-electron chi connectivity index (χ4n) is 2.52. The van der Waals surface area contributed by atoms with E-state index in [9.17, 15) is 14.4 Å². The molecule has 0 aliphatic rings. The molecule has 0 saturated heterocycles. The van der Waals surface area contributed by atoms with Gasteiger partial charge in [-0.25, -0.2) is 0 Å². The van der Waals surface area contributed by atoms with Gasteiger partial charge in [-0.2, -0.15) is 0 Å². The van der Waals surface area contributed by atoms with Gasteiger partial charge in [0.15, 0.2) is 12.4 Å². The van der Waals surface area contributed by atoms with E-state index in [1.165, 1.54) is 0 Å². The van der Waals surface area contributed by atoms with Gasteiger partial charge in [-0.15, -0.1) is 0 Å². The van der Waals surface area contributed by atoms with Crippen molar-refractivity contribution >= 4 is 17.7 Å². The number of Topliss-reactive ketones (excluding diaryl/α,β-unsaturated/α-hetero) is 1. The number of esters is 1. The summed E-state index contributed by atoms with van der Waals surface area (Å²) in [5, 5.41) is 2.76. The first kappa shape index (κ1) is 21.4. The second kappa shape index (κ2) is 10.4. The van der Waals surface area contributed by atoms with E-state index < -0.39 is 5.97 Å². The Labute approximate surface area is 166 Å². The maximum absolute atomic E-state index is 12.3. The number of rotatable bonds is 9. The van der Waals surface area contributed by atoms with Gasteiger partial charge < -0.3 is 10.1 Å². The number of hydrogen-bond donors (Lipinski definition) is 1. The fourth-order valence-corrected chi connectivity index (χ4v) is 2.52. The van der Waals surface area contributed by atoms with Crippen molar-refractivity contribution in [3.8, 4) is 11.1 Å². The van der Waals surface area contributed by atoms with Gasteiger partial charge >= 0.3 is 5.97 Å². The number of carbonyl (C=O) groups excluding carboxylic acids is 3. The lowest BCUT2D eigenvalue weighted by molar-refractivity contribution is -0.148. The lowest BCUT2D eigenvalue weighted by atomic mass is 10.0. The summed E-state index contributed by atoms with van der Waals surface area (Å²) >= 11 is 0. The Balaban J connectivity index is 1.77. The molecule has 1 unspecified atom stereocenters. The summed E-state index contributed by atoms with van der Waals surface area (Å²) in [7, 11) is 0. The molecule has 2 aromatic carbocycles. The molecule has 148 valence electrons. The van der Waals surface area contributed by atoms with E-state index in [1.807, 2.05) is 63.2 Å². The predicted octanol–water partition coefficient (Wildman–Crippen LogP) is 4.02. The second-order valence-electron chi connectivity index (χ2n) is 7.13. The summed E-state index contributed by atoms with van der Waals surface area (Å²) in [6, 6.07) is 17.2. The maximum Gasteiger partial charge on any atom is 0.306 e. The molecule has 5 heteroatoms. The zero-order chi connectivity index (χ0) is 20.5. The van der Waals surface area contributed by atoms with E-state index in [0.29, 0.717) is 11.5 Å².